The van der Waals surface area contributed by atoms with Crippen LogP contribution in [-0.4, -0.2) is 25.8 Å². The minimum Gasteiger partial charge on any atom is -0.461 e. The van der Waals surface area contributed by atoms with Crippen LogP contribution < -0.4 is 0 Å². The molecule has 1 aromatic carbocycles. The summed E-state index contributed by atoms with van der Waals surface area (Å²) in [6.45, 7) is -0.105. The van der Waals surface area contributed by atoms with Crippen LogP contribution in [0.5, 0.6) is 0 Å². The van der Waals surface area contributed by atoms with Crippen LogP contribution in [0.25, 0.3) is 11.5 Å². The zero-order chi connectivity index (χ0) is 17.2. The highest BCUT2D eigenvalue weighted by molar-refractivity contribution is 7.90. The third-order valence-corrected chi connectivity index (χ3v) is 4.28. The molecule has 0 aliphatic rings. The van der Waals surface area contributed by atoms with E-state index in [1.54, 1.807) is 18.2 Å². The maximum absolute atomic E-state index is 12.0. The summed E-state index contributed by atoms with van der Waals surface area (Å²) >= 11 is 0. The maximum atomic E-state index is 12.0. The summed E-state index contributed by atoms with van der Waals surface area (Å²) in [4.78, 5) is 12.1. The summed E-state index contributed by atoms with van der Waals surface area (Å²) < 4.78 is 38.4. The number of benzene rings is 1. The van der Waals surface area contributed by atoms with Gasteiger partial charge in [-0.3, -0.25) is 0 Å². The number of nitrogens with zero attached hydrogens (tertiary/aromatic N) is 1. The van der Waals surface area contributed by atoms with Crippen molar-refractivity contribution >= 4 is 15.8 Å². The lowest BCUT2D eigenvalue weighted by atomic mass is 10.2. The first-order valence-corrected chi connectivity index (χ1v) is 8.79. The van der Waals surface area contributed by atoms with Crippen molar-refractivity contribution in [3.63, 3.8) is 0 Å². The minimum absolute atomic E-state index is 0.0542. The first kappa shape index (κ1) is 16.0. The normalized spacial score (nSPS) is 11.4. The van der Waals surface area contributed by atoms with Crippen molar-refractivity contribution in [1.82, 2.24) is 5.16 Å². The van der Waals surface area contributed by atoms with Gasteiger partial charge < -0.3 is 13.7 Å². The van der Waals surface area contributed by atoms with Gasteiger partial charge in [-0.2, -0.15) is 0 Å². The SMILES string of the molecule is CS(=O)(=O)c1cccc(C(=O)OCc2cc(-c3ccco3)on2)c1. The van der Waals surface area contributed by atoms with Crippen molar-refractivity contribution in [3.8, 4) is 11.5 Å². The second-order valence-electron chi connectivity index (χ2n) is 5.04. The molecule has 0 unspecified atom stereocenters. The van der Waals surface area contributed by atoms with Crippen LogP contribution in [0.1, 0.15) is 16.1 Å². The zero-order valence-electron chi connectivity index (χ0n) is 12.6. The average molecular weight is 347 g/mol. The Hall–Kier alpha value is -2.87. The Morgan fingerprint density at radius 1 is 1.17 bits per heavy atom. The fraction of sp³-hybridized carbons (Fsp3) is 0.125. The number of furan rings is 1. The molecule has 124 valence electrons. The summed E-state index contributed by atoms with van der Waals surface area (Å²) in [5.74, 6) is 0.286. The number of rotatable bonds is 5. The number of carbonyl (C=O) groups is 1. The topological polar surface area (TPSA) is 99.6 Å². The smallest absolute Gasteiger partial charge is 0.338 e. The highest BCUT2D eigenvalue weighted by Gasteiger charge is 2.14. The summed E-state index contributed by atoms with van der Waals surface area (Å²) in [7, 11) is -3.39. The lowest BCUT2D eigenvalue weighted by molar-refractivity contribution is 0.0464. The monoisotopic (exact) mass is 347 g/mol. The molecule has 0 N–H and O–H groups in total. The molecule has 0 atom stereocenters. The van der Waals surface area contributed by atoms with Crippen LogP contribution in [-0.2, 0) is 21.2 Å². The number of esters is 1. The van der Waals surface area contributed by atoms with E-state index in [2.05, 4.69) is 5.16 Å². The van der Waals surface area contributed by atoms with Gasteiger partial charge in [-0.1, -0.05) is 11.2 Å². The van der Waals surface area contributed by atoms with Gasteiger partial charge in [-0.05, 0) is 30.3 Å². The van der Waals surface area contributed by atoms with Crippen LogP contribution in [0.15, 0.2) is 62.6 Å². The molecule has 0 bridgehead atoms. The van der Waals surface area contributed by atoms with E-state index in [9.17, 15) is 13.2 Å². The van der Waals surface area contributed by atoms with Crippen molar-refractivity contribution in [2.75, 3.05) is 6.26 Å². The van der Waals surface area contributed by atoms with Crippen LogP contribution >= 0.6 is 0 Å². The van der Waals surface area contributed by atoms with Crippen molar-refractivity contribution in [3.05, 3.63) is 60.0 Å². The first-order valence-electron chi connectivity index (χ1n) is 6.90. The first-order chi connectivity index (χ1) is 11.4. The van der Waals surface area contributed by atoms with Gasteiger partial charge in [0.25, 0.3) is 0 Å². The molecule has 0 spiro atoms. The summed E-state index contributed by atoms with van der Waals surface area (Å²) in [6, 6.07) is 10.7. The Kier molecular flexibility index (Phi) is 4.22. The number of ether oxygens (including phenoxy) is 1. The standard InChI is InChI=1S/C16H13NO6S/c1-24(19,20)13-5-2-4-11(8-13)16(18)22-10-12-9-15(23-17-12)14-6-3-7-21-14/h2-9H,10H2,1H3. The molecule has 7 nitrogen and oxygen atoms in total. The molecule has 8 heteroatoms. The third-order valence-electron chi connectivity index (χ3n) is 3.17. The maximum Gasteiger partial charge on any atom is 0.338 e. The Labute approximate surface area is 137 Å². The molecular weight excluding hydrogens is 334 g/mol. The van der Waals surface area contributed by atoms with E-state index >= 15 is 0 Å². The molecule has 0 saturated carbocycles. The second-order valence-corrected chi connectivity index (χ2v) is 7.05. The molecule has 2 aromatic heterocycles. The third kappa shape index (κ3) is 3.54. The average Bonchev–Trinajstić information content (AvgIpc) is 3.23. The van der Waals surface area contributed by atoms with Crippen molar-refractivity contribution in [2.24, 2.45) is 0 Å². The van der Waals surface area contributed by atoms with E-state index in [0.717, 1.165) is 6.26 Å². The van der Waals surface area contributed by atoms with Gasteiger partial charge in [0.2, 0.25) is 5.76 Å². The van der Waals surface area contributed by atoms with E-state index in [0.29, 0.717) is 17.2 Å². The fourth-order valence-corrected chi connectivity index (χ4v) is 2.66. The van der Waals surface area contributed by atoms with Gasteiger partial charge in [-0.15, -0.1) is 0 Å². The molecule has 0 amide bonds. The number of sulfone groups is 1. The number of hydrogen-bond acceptors (Lipinski definition) is 7. The number of hydrogen-bond donors (Lipinski definition) is 0. The molecule has 0 fully saturated rings. The quantitative estimate of drug-likeness (QED) is 0.654. The fourth-order valence-electron chi connectivity index (χ4n) is 1.99. The van der Waals surface area contributed by atoms with Gasteiger partial charge in [0.05, 0.1) is 16.7 Å². The Bertz CT molecular complexity index is 956. The number of aromatic nitrogens is 1. The largest absolute Gasteiger partial charge is 0.461 e. The summed E-state index contributed by atoms with van der Waals surface area (Å²) in [5, 5.41) is 3.79. The van der Waals surface area contributed by atoms with Gasteiger partial charge in [0.1, 0.15) is 12.3 Å². The Morgan fingerprint density at radius 3 is 2.71 bits per heavy atom. The van der Waals surface area contributed by atoms with Crippen molar-refractivity contribution < 1.29 is 26.9 Å². The van der Waals surface area contributed by atoms with Crippen LogP contribution in [0.3, 0.4) is 0 Å². The van der Waals surface area contributed by atoms with Crippen LogP contribution in [0.4, 0.5) is 0 Å². The predicted molar refractivity (Wildman–Crippen MR) is 82.9 cm³/mol. The van der Waals surface area contributed by atoms with Crippen molar-refractivity contribution in [2.45, 2.75) is 11.5 Å². The van der Waals surface area contributed by atoms with Gasteiger partial charge in [-0.25, -0.2) is 13.2 Å². The number of carbonyl (C=O) groups excluding carboxylic acids is 1. The van der Waals surface area contributed by atoms with Gasteiger partial charge in [0, 0.05) is 12.3 Å². The molecule has 0 radical (unpaired) electrons. The van der Waals surface area contributed by atoms with E-state index in [4.69, 9.17) is 13.7 Å². The Balaban J connectivity index is 1.68. The van der Waals surface area contributed by atoms with Gasteiger partial charge in [0.15, 0.2) is 15.6 Å². The molecular formula is C16H13NO6S. The molecule has 0 aliphatic heterocycles. The summed E-state index contributed by atoms with van der Waals surface area (Å²) in [6.07, 6.45) is 2.58. The molecule has 3 rings (SSSR count). The molecule has 0 aliphatic carbocycles. The minimum atomic E-state index is -3.39. The van der Waals surface area contributed by atoms with Crippen molar-refractivity contribution in [1.29, 1.82) is 0 Å². The molecule has 0 saturated heterocycles. The van der Waals surface area contributed by atoms with Crippen LogP contribution in [0.2, 0.25) is 0 Å². The van der Waals surface area contributed by atoms with E-state index < -0.39 is 15.8 Å². The van der Waals surface area contributed by atoms with E-state index in [1.165, 1.54) is 30.5 Å². The van der Waals surface area contributed by atoms with E-state index in [1.807, 2.05) is 0 Å². The molecule has 24 heavy (non-hydrogen) atoms. The highest BCUT2D eigenvalue weighted by Crippen LogP contribution is 2.21. The summed E-state index contributed by atoms with van der Waals surface area (Å²) in [5.41, 5.74) is 0.557. The Morgan fingerprint density at radius 2 is 2.00 bits per heavy atom. The van der Waals surface area contributed by atoms with Crippen LogP contribution in [0, 0.1) is 0 Å². The predicted octanol–water partition coefficient (Wildman–Crippen LogP) is 2.70. The second kappa shape index (κ2) is 6.32. The zero-order valence-corrected chi connectivity index (χ0v) is 13.4. The lowest BCUT2D eigenvalue weighted by Crippen LogP contribution is -2.07. The van der Waals surface area contributed by atoms with E-state index in [-0.39, 0.29) is 17.1 Å². The van der Waals surface area contributed by atoms with Gasteiger partial charge >= 0.3 is 5.97 Å². The molecule has 3 aromatic rings. The highest BCUT2D eigenvalue weighted by atomic mass is 32.2. The molecule has 2 heterocycles. The lowest BCUT2D eigenvalue weighted by Gasteiger charge is -2.04.